The second kappa shape index (κ2) is 7.56. The van der Waals surface area contributed by atoms with Crippen LogP contribution in [0.15, 0.2) is 35.2 Å². The predicted molar refractivity (Wildman–Crippen MR) is 80.4 cm³/mol. The summed E-state index contributed by atoms with van der Waals surface area (Å²) >= 11 is 1.90. The minimum atomic E-state index is 0.293. The zero-order valence-corrected chi connectivity index (χ0v) is 12.3. The second-order valence-corrected chi connectivity index (χ2v) is 6.07. The van der Waals surface area contributed by atoms with Crippen LogP contribution in [0, 0.1) is 5.92 Å². The average molecular weight is 278 g/mol. The molecule has 1 aromatic carbocycles. The number of benzene rings is 1. The molecule has 1 atom stereocenters. The Morgan fingerprint density at radius 3 is 2.95 bits per heavy atom. The van der Waals surface area contributed by atoms with Crippen molar-refractivity contribution in [2.75, 3.05) is 32.4 Å². The Bertz CT molecular complexity index is 396. The highest BCUT2D eigenvalue weighted by Crippen LogP contribution is 2.25. The first-order chi connectivity index (χ1) is 9.29. The molecule has 1 unspecified atom stereocenters. The highest BCUT2D eigenvalue weighted by atomic mass is 32.2. The first kappa shape index (κ1) is 14.4. The number of carbonyl (C=O) groups is 1. The Balaban J connectivity index is 1.71. The molecule has 4 heteroatoms. The van der Waals surface area contributed by atoms with Crippen LogP contribution >= 0.6 is 11.8 Å². The van der Waals surface area contributed by atoms with Crippen LogP contribution in [0.1, 0.15) is 12.8 Å². The lowest BCUT2D eigenvalue weighted by Crippen LogP contribution is -2.31. The van der Waals surface area contributed by atoms with E-state index in [0.717, 1.165) is 31.8 Å². The number of amides is 1. The molecule has 1 N–H and O–H groups in total. The summed E-state index contributed by atoms with van der Waals surface area (Å²) in [6.45, 7) is 2.64. The normalized spacial score (nSPS) is 18.8. The van der Waals surface area contributed by atoms with E-state index < -0.39 is 0 Å². The van der Waals surface area contributed by atoms with Gasteiger partial charge in [-0.2, -0.15) is 0 Å². The van der Waals surface area contributed by atoms with Gasteiger partial charge in [0.2, 0.25) is 5.91 Å². The number of rotatable bonds is 6. The van der Waals surface area contributed by atoms with Gasteiger partial charge in [0.1, 0.15) is 0 Å². The standard InChI is InChI=1S/C15H22N2OS/c1-16-9-7-15(18)17-10-8-13(11-17)12-19-14-5-3-2-4-6-14/h2-6,13,16H,7-12H2,1H3. The molecule has 0 spiro atoms. The molecule has 1 saturated heterocycles. The van der Waals surface area contributed by atoms with E-state index in [1.807, 2.05) is 29.8 Å². The monoisotopic (exact) mass is 278 g/mol. The van der Waals surface area contributed by atoms with Crippen molar-refractivity contribution >= 4 is 17.7 Å². The van der Waals surface area contributed by atoms with Crippen molar-refractivity contribution in [1.82, 2.24) is 10.2 Å². The topological polar surface area (TPSA) is 32.3 Å². The van der Waals surface area contributed by atoms with Crippen LogP contribution < -0.4 is 5.32 Å². The Kier molecular flexibility index (Phi) is 5.73. The molecule has 0 saturated carbocycles. The van der Waals surface area contributed by atoms with Gasteiger partial charge in [0.15, 0.2) is 0 Å². The van der Waals surface area contributed by atoms with Crippen molar-refractivity contribution in [2.24, 2.45) is 5.92 Å². The molecule has 1 aliphatic rings. The first-order valence-electron chi connectivity index (χ1n) is 6.90. The SMILES string of the molecule is CNCCC(=O)N1CCC(CSc2ccccc2)C1. The van der Waals surface area contributed by atoms with Crippen LogP contribution in [0.5, 0.6) is 0 Å². The Morgan fingerprint density at radius 1 is 1.42 bits per heavy atom. The first-order valence-corrected chi connectivity index (χ1v) is 7.88. The van der Waals surface area contributed by atoms with E-state index in [4.69, 9.17) is 0 Å². The van der Waals surface area contributed by atoms with E-state index in [2.05, 4.69) is 29.6 Å². The van der Waals surface area contributed by atoms with E-state index in [0.29, 0.717) is 18.2 Å². The number of nitrogens with one attached hydrogen (secondary N) is 1. The van der Waals surface area contributed by atoms with Gasteiger partial charge in [-0.1, -0.05) is 18.2 Å². The maximum Gasteiger partial charge on any atom is 0.223 e. The van der Waals surface area contributed by atoms with Crippen molar-refractivity contribution in [3.63, 3.8) is 0 Å². The van der Waals surface area contributed by atoms with Gasteiger partial charge in [-0.3, -0.25) is 4.79 Å². The van der Waals surface area contributed by atoms with Gasteiger partial charge in [-0.15, -0.1) is 11.8 Å². The number of hydrogen-bond acceptors (Lipinski definition) is 3. The second-order valence-electron chi connectivity index (χ2n) is 4.97. The zero-order chi connectivity index (χ0) is 13.5. The molecule has 104 valence electrons. The summed E-state index contributed by atoms with van der Waals surface area (Å²) in [5, 5.41) is 3.03. The largest absolute Gasteiger partial charge is 0.342 e. The van der Waals surface area contributed by atoms with Crippen molar-refractivity contribution in [2.45, 2.75) is 17.7 Å². The minimum absolute atomic E-state index is 0.293. The minimum Gasteiger partial charge on any atom is -0.342 e. The van der Waals surface area contributed by atoms with E-state index in [1.54, 1.807) is 0 Å². The van der Waals surface area contributed by atoms with Gasteiger partial charge in [-0.05, 0) is 31.5 Å². The fourth-order valence-corrected chi connectivity index (χ4v) is 3.37. The maximum atomic E-state index is 11.9. The number of thioether (sulfide) groups is 1. The number of carbonyl (C=O) groups excluding carboxylic acids is 1. The van der Waals surface area contributed by atoms with Crippen LogP contribution in [0.4, 0.5) is 0 Å². The lowest BCUT2D eigenvalue weighted by Gasteiger charge is -2.16. The highest BCUT2D eigenvalue weighted by molar-refractivity contribution is 7.99. The lowest BCUT2D eigenvalue weighted by molar-refractivity contribution is -0.130. The highest BCUT2D eigenvalue weighted by Gasteiger charge is 2.25. The molecule has 1 amide bonds. The Hall–Kier alpha value is -1.00. The quantitative estimate of drug-likeness (QED) is 0.810. The van der Waals surface area contributed by atoms with Crippen LogP contribution in [0.25, 0.3) is 0 Å². The van der Waals surface area contributed by atoms with Gasteiger partial charge in [0.25, 0.3) is 0 Å². The average Bonchev–Trinajstić information content (AvgIpc) is 2.92. The summed E-state index contributed by atoms with van der Waals surface area (Å²) in [5.41, 5.74) is 0. The molecule has 0 radical (unpaired) electrons. The summed E-state index contributed by atoms with van der Waals surface area (Å²) in [5.74, 6) is 2.05. The van der Waals surface area contributed by atoms with Crippen molar-refractivity contribution in [1.29, 1.82) is 0 Å². The van der Waals surface area contributed by atoms with Gasteiger partial charge >= 0.3 is 0 Å². The lowest BCUT2D eigenvalue weighted by atomic mass is 10.2. The maximum absolute atomic E-state index is 11.9. The zero-order valence-electron chi connectivity index (χ0n) is 11.5. The van der Waals surface area contributed by atoms with Crippen molar-refractivity contribution in [3.8, 4) is 0 Å². The van der Waals surface area contributed by atoms with Crippen molar-refractivity contribution in [3.05, 3.63) is 30.3 Å². The number of hydrogen-bond donors (Lipinski definition) is 1. The molecule has 0 bridgehead atoms. The summed E-state index contributed by atoms with van der Waals surface area (Å²) < 4.78 is 0. The van der Waals surface area contributed by atoms with Gasteiger partial charge in [-0.25, -0.2) is 0 Å². The third kappa shape index (κ3) is 4.55. The Labute approximate surface area is 119 Å². The summed E-state index contributed by atoms with van der Waals surface area (Å²) in [7, 11) is 1.89. The molecule has 3 nitrogen and oxygen atoms in total. The third-order valence-corrected chi connectivity index (χ3v) is 4.70. The van der Waals surface area contributed by atoms with Crippen LogP contribution in [0.2, 0.25) is 0 Å². The van der Waals surface area contributed by atoms with E-state index >= 15 is 0 Å². The van der Waals surface area contributed by atoms with Crippen LogP contribution in [-0.4, -0.2) is 43.2 Å². The van der Waals surface area contributed by atoms with Crippen LogP contribution in [-0.2, 0) is 4.79 Å². The molecular formula is C15H22N2OS. The van der Waals surface area contributed by atoms with Gasteiger partial charge in [0, 0.05) is 36.7 Å². The summed E-state index contributed by atoms with van der Waals surface area (Å²) in [4.78, 5) is 15.2. The molecule has 0 aromatic heterocycles. The van der Waals surface area contributed by atoms with Gasteiger partial charge < -0.3 is 10.2 Å². The van der Waals surface area contributed by atoms with Gasteiger partial charge in [0.05, 0.1) is 0 Å². The molecule has 1 aromatic rings. The molecule has 1 fully saturated rings. The summed E-state index contributed by atoms with van der Waals surface area (Å²) in [6, 6.07) is 10.5. The smallest absolute Gasteiger partial charge is 0.223 e. The number of likely N-dealkylation sites (tertiary alicyclic amines) is 1. The molecule has 0 aliphatic carbocycles. The fourth-order valence-electron chi connectivity index (χ4n) is 2.32. The summed E-state index contributed by atoms with van der Waals surface area (Å²) in [6.07, 6.45) is 1.76. The molecule has 1 aliphatic heterocycles. The Morgan fingerprint density at radius 2 is 2.21 bits per heavy atom. The van der Waals surface area contributed by atoms with E-state index in [-0.39, 0.29) is 0 Å². The van der Waals surface area contributed by atoms with E-state index in [9.17, 15) is 4.79 Å². The van der Waals surface area contributed by atoms with Crippen molar-refractivity contribution < 1.29 is 4.79 Å². The van der Waals surface area contributed by atoms with E-state index in [1.165, 1.54) is 4.90 Å². The third-order valence-electron chi connectivity index (χ3n) is 3.46. The number of nitrogens with zero attached hydrogens (tertiary/aromatic N) is 1. The van der Waals surface area contributed by atoms with Crippen LogP contribution in [0.3, 0.4) is 0 Å². The molecule has 2 rings (SSSR count). The molecular weight excluding hydrogens is 256 g/mol. The molecule has 19 heavy (non-hydrogen) atoms. The predicted octanol–water partition coefficient (Wildman–Crippen LogP) is 2.24. The fraction of sp³-hybridized carbons (Fsp3) is 0.533. The molecule has 1 heterocycles.